The van der Waals surface area contributed by atoms with Gasteiger partial charge in [0, 0.05) is 23.3 Å². The standard InChI is InChI=1S/C19H16N4O/c20-17-3-1-2-13(8-17)11-23-12-16(6-7-19(23)24)14-4-5-15-10-21-22-18(15)9-14/h1-10,12H,11,20H2,(H,21,22). The molecule has 24 heavy (non-hydrogen) atoms. The molecule has 5 nitrogen and oxygen atoms in total. The smallest absolute Gasteiger partial charge is 0.250 e. The van der Waals surface area contributed by atoms with E-state index in [1.807, 2.05) is 54.7 Å². The molecule has 2 aromatic carbocycles. The summed E-state index contributed by atoms with van der Waals surface area (Å²) in [6.45, 7) is 0.490. The first kappa shape index (κ1) is 14.3. The number of anilines is 1. The molecule has 0 spiro atoms. The number of nitrogens with one attached hydrogen (secondary N) is 1. The molecule has 3 N–H and O–H groups in total. The Bertz CT molecular complexity index is 1080. The molecule has 0 atom stereocenters. The lowest BCUT2D eigenvalue weighted by Gasteiger charge is -2.09. The second kappa shape index (κ2) is 5.70. The summed E-state index contributed by atoms with van der Waals surface area (Å²) in [5.74, 6) is 0. The van der Waals surface area contributed by atoms with Crippen LogP contribution < -0.4 is 11.3 Å². The van der Waals surface area contributed by atoms with E-state index >= 15 is 0 Å². The maximum absolute atomic E-state index is 12.2. The number of rotatable bonds is 3. The zero-order chi connectivity index (χ0) is 16.5. The average molecular weight is 316 g/mol. The lowest BCUT2D eigenvalue weighted by molar-refractivity contribution is 0.761. The van der Waals surface area contributed by atoms with E-state index in [0.717, 1.165) is 27.6 Å². The van der Waals surface area contributed by atoms with E-state index in [4.69, 9.17) is 5.73 Å². The number of hydrogen-bond donors (Lipinski definition) is 2. The number of aromatic nitrogens is 3. The third-order valence-corrected chi connectivity index (χ3v) is 4.06. The third-order valence-electron chi connectivity index (χ3n) is 4.06. The predicted octanol–water partition coefficient (Wildman–Crippen LogP) is 3.02. The number of H-pyrrole nitrogens is 1. The molecule has 118 valence electrons. The summed E-state index contributed by atoms with van der Waals surface area (Å²) in [6.07, 6.45) is 3.67. The molecule has 0 bridgehead atoms. The highest BCUT2D eigenvalue weighted by Crippen LogP contribution is 2.22. The molecule has 2 aromatic heterocycles. The van der Waals surface area contributed by atoms with Gasteiger partial charge in [0.05, 0.1) is 18.3 Å². The van der Waals surface area contributed by atoms with E-state index in [-0.39, 0.29) is 5.56 Å². The van der Waals surface area contributed by atoms with Crippen LogP contribution in [0, 0.1) is 0 Å². The van der Waals surface area contributed by atoms with Crippen LogP contribution >= 0.6 is 0 Å². The normalized spacial score (nSPS) is 11.0. The molecule has 0 unspecified atom stereocenters. The Balaban J connectivity index is 1.74. The maximum atomic E-state index is 12.2. The van der Waals surface area contributed by atoms with Gasteiger partial charge in [0.25, 0.3) is 5.56 Å². The van der Waals surface area contributed by atoms with Crippen LogP contribution in [0.1, 0.15) is 5.56 Å². The fraction of sp³-hybridized carbons (Fsp3) is 0.0526. The Morgan fingerprint density at radius 3 is 2.79 bits per heavy atom. The summed E-state index contributed by atoms with van der Waals surface area (Å²) in [7, 11) is 0. The summed E-state index contributed by atoms with van der Waals surface area (Å²) in [4.78, 5) is 12.2. The Hall–Kier alpha value is -3.34. The van der Waals surface area contributed by atoms with Gasteiger partial charge < -0.3 is 10.3 Å². The lowest BCUT2D eigenvalue weighted by Crippen LogP contribution is -2.19. The topological polar surface area (TPSA) is 76.7 Å². The summed E-state index contributed by atoms with van der Waals surface area (Å²) in [6, 6.07) is 17.1. The lowest BCUT2D eigenvalue weighted by atomic mass is 10.1. The van der Waals surface area contributed by atoms with Gasteiger partial charge in [-0.05, 0) is 41.0 Å². The number of pyridine rings is 1. The minimum Gasteiger partial charge on any atom is -0.399 e. The molecule has 2 heterocycles. The van der Waals surface area contributed by atoms with Gasteiger partial charge in [-0.1, -0.05) is 24.3 Å². The highest BCUT2D eigenvalue weighted by Gasteiger charge is 2.05. The van der Waals surface area contributed by atoms with Crippen LogP contribution in [0.5, 0.6) is 0 Å². The molecule has 0 saturated carbocycles. The van der Waals surface area contributed by atoms with Gasteiger partial charge in [0.2, 0.25) is 0 Å². The van der Waals surface area contributed by atoms with Gasteiger partial charge in [-0.15, -0.1) is 0 Å². The van der Waals surface area contributed by atoms with E-state index < -0.39 is 0 Å². The van der Waals surface area contributed by atoms with Gasteiger partial charge in [0.15, 0.2) is 0 Å². The first-order chi connectivity index (χ1) is 11.7. The fourth-order valence-corrected chi connectivity index (χ4v) is 2.83. The molecular formula is C19H16N4O. The minimum absolute atomic E-state index is 0.0382. The molecule has 0 saturated heterocycles. The number of aromatic amines is 1. The van der Waals surface area contributed by atoms with E-state index in [2.05, 4.69) is 10.2 Å². The Morgan fingerprint density at radius 2 is 1.92 bits per heavy atom. The molecule has 0 aliphatic carbocycles. The Morgan fingerprint density at radius 1 is 1.04 bits per heavy atom. The summed E-state index contributed by atoms with van der Waals surface area (Å²) in [5.41, 5.74) is 10.5. The SMILES string of the molecule is Nc1cccc(Cn2cc(-c3ccc4cn[nH]c4c3)ccc2=O)c1. The molecule has 0 aliphatic heterocycles. The largest absolute Gasteiger partial charge is 0.399 e. The first-order valence-corrected chi connectivity index (χ1v) is 7.67. The highest BCUT2D eigenvalue weighted by atomic mass is 16.1. The van der Waals surface area contributed by atoms with Crippen LogP contribution in [0.3, 0.4) is 0 Å². The fourth-order valence-electron chi connectivity index (χ4n) is 2.83. The number of hydrogen-bond acceptors (Lipinski definition) is 3. The molecule has 5 heteroatoms. The van der Waals surface area contributed by atoms with Crippen LogP contribution in [0.2, 0.25) is 0 Å². The molecule has 0 radical (unpaired) electrons. The van der Waals surface area contributed by atoms with Crippen molar-refractivity contribution in [1.82, 2.24) is 14.8 Å². The Labute approximate surface area is 138 Å². The quantitative estimate of drug-likeness (QED) is 0.570. The van der Waals surface area contributed by atoms with Crippen LogP contribution in [-0.2, 0) is 6.54 Å². The molecule has 0 aliphatic rings. The van der Waals surface area contributed by atoms with Gasteiger partial charge in [-0.3, -0.25) is 9.89 Å². The third kappa shape index (κ3) is 2.67. The Kier molecular flexibility index (Phi) is 3.39. The van der Waals surface area contributed by atoms with Crippen molar-refractivity contribution >= 4 is 16.6 Å². The van der Waals surface area contributed by atoms with Crippen molar-refractivity contribution in [3.05, 3.63) is 82.9 Å². The second-order valence-corrected chi connectivity index (χ2v) is 5.80. The average Bonchev–Trinajstić information content (AvgIpc) is 3.04. The number of nitrogens with zero attached hydrogens (tertiary/aromatic N) is 2. The van der Waals surface area contributed by atoms with Crippen molar-refractivity contribution in [2.75, 3.05) is 5.73 Å². The summed E-state index contributed by atoms with van der Waals surface area (Å²) < 4.78 is 1.70. The van der Waals surface area contributed by atoms with Crippen LogP contribution in [-0.4, -0.2) is 14.8 Å². The summed E-state index contributed by atoms with van der Waals surface area (Å²) in [5, 5.41) is 8.07. The van der Waals surface area contributed by atoms with Gasteiger partial charge >= 0.3 is 0 Å². The molecule has 0 fully saturated rings. The second-order valence-electron chi connectivity index (χ2n) is 5.80. The molecular weight excluding hydrogens is 300 g/mol. The van der Waals surface area contributed by atoms with Crippen molar-refractivity contribution in [1.29, 1.82) is 0 Å². The van der Waals surface area contributed by atoms with Gasteiger partial charge in [-0.25, -0.2) is 0 Å². The number of benzene rings is 2. The highest BCUT2D eigenvalue weighted by molar-refractivity contribution is 5.83. The van der Waals surface area contributed by atoms with E-state index in [1.54, 1.807) is 16.8 Å². The van der Waals surface area contributed by atoms with E-state index in [1.165, 1.54) is 0 Å². The van der Waals surface area contributed by atoms with Gasteiger partial charge in [0.1, 0.15) is 0 Å². The van der Waals surface area contributed by atoms with Crippen LogP contribution in [0.25, 0.3) is 22.0 Å². The van der Waals surface area contributed by atoms with E-state index in [9.17, 15) is 4.79 Å². The van der Waals surface area contributed by atoms with Crippen LogP contribution in [0.4, 0.5) is 5.69 Å². The molecule has 0 amide bonds. The van der Waals surface area contributed by atoms with Crippen molar-refractivity contribution in [3.63, 3.8) is 0 Å². The van der Waals surface area contributed by atoms with Crippen molar-refractivity contribution in [2.45, 2.75) is 6.54 Å². The van der Waals surface area contributed by atoms with Gasteiger partial charge in [-0.2, -0.15) is 5.10 Å². The van der Waals surface area contributed by atoms with Crippen molar-refractivity contribution < 1.29 is 0 Å². The monoisotopic (exact) mass is 316 g/mol. The van der Waals surface area contributed by atoms with Crippen molar-refractivity contribution in [2.24, 2.45) is 0 Å². The maximum Gasteiger partial charge on any atom is 0.250 e. The van der Waals surface area contributed by atoms with Crippen LogP contribution in [0.15, 0.2) is 71.8 Å². The zero-order valence-corrected chi connectivity index (χ0v) is 12.9. The van der Waals surface area contributed by atoms with Crippen molar-refractivity contribution in [3.8, 4) is 11.1 Å². The molecule has 4 aromatic rings. The minimum atomic E-state index is -0.0382. The predicted molar refractivity (Wildman–Crippen MR) is 95.7 cm³/mol. The molecule has 4 rings (SSSR count). The number of nitrogen functional groups attached to an aromatic ring is 1. The summed E-state index contributed by atoms with van der Waals surface area (Å²) >= 11 is 0. The zero-order valence-electron chi connectivity index (χ0n) is 12.9. The number of nitrogens with two attached hydrogens (primary N) is 1. The number of fused-ring (bicyclic) bond motifs is 1. The van der Waals surface area contributed by atoms with E-state index in [0.29, 0.717) is 12.2 Å². The first-order valence-electron chi connectivity index (χ1n) is 7.67.